The molecule has 2 rings (SSSR count). The lowest BCUT2D eigenvalue weighted by Gasteiger charge is -2.05. The van der Waals surface area contributed by atoms with Crippen molar-refractivity contribution >= 4 is 17.3 Å². The number of nitrogens with one attached hydrogen (secondary N) is 2. The predicted molar refractivity (Wildman–Crippen MR) is 57.8 cm³/mol. The van der Waals surface area contributed by atoms with E-state index in [0.717, 1.165) is 5.69 Å². The van der Waals surface area contributed by atoms with E-state index in [1.54, 1.807) is 24.4 Å². The van der Waals surface area contributed by atoms with Crippen molar-refractivity contribution in [2.45, 2.75) is 0 Å². The molecule has 2 aromatic rings. The standard InChI is InChI=1S/C9H9ClN4O/c10-5-11-6-1-2-9(15)7(3-6)8-4-12-14-13-8/h1-4,11,15H,5H2,(H,12,13,14). The van der Waals surface area contributed by atoms with E-state index in [4.69, 9.17) is 11.6 Å². The SMILES string of the molecule is Oc1ccc(NCCl)cc1-c1cn[nH]n1. The van der Waals surface area contributed by atoms with Gasteiger partial charge in [0.1, 0.15) is 11.4 Å². The molecule has 1 aromatic carbocycles. The van der Waals surface area contributed by atoms with Crippen molar-refractivity contribution in [3.05, 3.63) is 24.4 Å². The van der Waals surface area contributed by atoms with E-state index in [9.17, 15) is 5.11 Å². The summed E-state index contributed by atoms with van der Waals surface area (Å²) >= 11 is 5.55. The molecule has 1 aromatic heterocycles. The fourth-order valence-corrected chi connectivity index (χ4v) is 1.41. The number of rotatable bonds is 3. The molecule has 0 amide bonds. The number of phenols is 1. The van der Waals surface area contributed by atoms with Crippen LogP contribution in [0.25, 0.3) is 11.3 Å². The highest BCUT2D eigenvalue weighted by molar-refractivity contribution is 6.18. The van der Waals surface area contributed by atoms with Crippen molar-refractivity contribution in [2.75, 3.05) is 11.3 Å². The lowest BCUT2D eigenvalue weighted by Crippen LogP contribution is -1.94. The first-order valence-corrected chi connectivity index (χ1v) is 4.83. The molecule has 0 bridgehead atoms. The highest BCUT2D eigenvalue weighted by Crippen LogP contribution is 2.29. The highest BCUT2D eigenvalue weighted by atomic mass is 35.5. The summed E-state index contributed by atoms with van der Waals surface area (Å²) in [5.74, 6) is 0.157. The molecule has 0 atom stereocenters. The van der Waals surface area contributed by atoms with Gasteiger partial charge in [0.2, 0.25) is 0 Å². The third kappa shape index (κ3) is 2.02. The lowest BCUT2D eigenvalue weighted by atomic mass is 10.1. The van der Waals surface area contributed by atoms with Gasteiger partial charge >= 0.3 is 0 Å². The van der Waals surface area contributed by atoms with E-state index in [-0.39, 0.29) is 5.75 Å². The van der Waals surface area contributed by atoms with Crippen LogP contribution in [0.1, 0.15) is 0 Å². The normalized spacial score (nSPS) is 10.2. The molecule has 15 heavy (non-hydrogen) atoms. The van der Waals surface area contributed by atoms with Crippen molar-refractivity contribution in [3.8, 4) is 17.0 Å². The molecular weight excluding hydrogens is 216 g/mol. The maximum atomic E-state index is 9.63. The van der Waals surface area contributed by atoms with Crippen molar-refractivity contribution in [3.63, 3.8) is 0 Å². The monoisotopic (exact) mass is 224 g/mol. The number of nitrogens with zero attached hydrogens (tertiary/aromatic N) is 2. The number of hydrogen-bond acceptors (Lipinski definition) is 4. The molecule has 0 radical (unpaired) electrons. The van der Waals surface area contributed by atoms with Gasteiger partial charge in [-0.15, -0.1) is 11.6 Å². The first kappa shape index (κ1) is 9.79. The van der Waals surface area contributed by atoms with E-state index in [1.807, 2.05) is 0 Å². The maximum absolute atomic E-state index is 9.63. The lowest BCUT2D eigenvalue weighted by molar-refractivity contribution is 0.477. The van der Waals surface area contributed by atoms with Crippen molar-refractivity contribution in [1.82, 2.24) is 15.4 Å². The zero-order valence-electron chi connectivity index (χ0n) is 7.74. The summed E-state index contributed by atoms with van der Waals surface area (Å²) in [5, 5.41) is 22.6. The second-order valence-corrected chi connectivity index (χ2v) is 3.16. The molecule has 0 fully saturated rings. The first-order chi connectivity index (χ1) is 7.31. The predicted octanol–water partition coefficient (Wildman–Crippen LogP) is 1.79. The average Bonchev–Trinajstić information content (AvgIpc) is 2.74. The Kier molecular flexibility index (Phi) is 2.73. The van der Waals surface area contributed by atoms with Crippen LogP contribution in [0.4, 0.5) is 5.69 Å². The minimum Gasteiger partial charge on any atom is -0.507 e. The topological polar surface area (TPSA) is 73.8 Å². The first-order valence-electron chi connectivity index (χ1n) is 4.30. The average molecular weight is 225 g/mol. The Labute approximate surface area is 91.1 Å². The summed E-state index contributed by atoms with van der Waals surface area (Å²) in [7, 11) is 0. The van der Waals surface area contributed by atoms with Gasteiger partial charge < -0.3 is 10.4 Å². The number of halogens is 1. The molecule has 5 nitrogen and oxygen atoms in total. The van der Waals surface area contributed by atoms with E-state index < -0.39 is 0 Å². The van der Waals surface area contributed by atoms with Gasteiger partial charge in [0.15, 0.2) is 0 Å². The Bertz CT molecular complexity index is 443. The number of phenolic OH excluding ortho intramolecular Hbond substituents is 1. The smallest absolute Gasteiger partial charge is 0.125 e. The molecule has 0 aliphatic rings. The molecule has 0 saturated carbocycles. The number of aromatic hydroxyl groups is 1. The Morgan fingerprint density at radius 3 is 3.00 bits per heavy atom. The molecular formula is C9H9ClN4O. The maximum Gasteiger partial charge on any atom is 0.125 e. The minimum absolute atomic E-state index is 0.157. The van der Waals surface area contributed by atoms with Crippen LogP contribution in [-0.4, -0.2) is 26.5 Å². The quantitative estimate of drug-likeness (QED) is 0.422. The molecule has 3 N–H and O–H groups in total. The van der Waals surface area contributed by atoms with Gasteiger partial charge in [-0.25, -0.2) is 0 Å². The molecule has 0 unspecified atom stereocenters. The zero-order chi connectivity index (χ0) is 10.7. The zero-order valence-corrected chi connectivity index (χ0v) is 8.49. The van der Waals surface area contributed by atoms with Crippen LogP contribution in [-0.2, 0) is 0 Å². The van der Waals surface area contributed by atoms with Crippen LogP contribution < -0.4 is 5.32 Å². The molecule has 0 spiro atoms. The summed E-state index contributed by atoms with van der Waals surface area (Å²) in [4.78, 5) is 0. The number of alkyl halides is 1. The summed E-state index contributed by atoms with van der Waals surface area (Å²) in [6.45, 7) is 0. The highest BCUT2D eigenvalue weighted by Gasteiger charge is 2.07. The Morgan fingerprint density at radius 1 is 1.47 bits per heavy atom. The molecule has 1 heterocycles. The van der Waals surface area contributed by atoms with Crippen LogP contribution in [0.15, 0.2) is 24.4 Å². The van der Waals surface area contributed by atoms with Gasteiger partial charge in [-0.2, -0.15) is 15.4 Å². The third-order valence-electron chi connectivity index (χ3n) is 1.96. The van der Waals surface area contributed by atoms with Gasteiger partial charge in [0, 0.05) is 11.3 Å². The Morgan fingerprint density at radius 2 is 2.33 bits per heavy atom. The van der Waals surface area contributed by atoms with Crippen LogP contribution in [0, 0.1) is 0 Å². The second kappa shape index (κ2) is 4.18. The minimum atomic E-state index is 0.157. The van der Waals surface area contributed by atoms with E-state index in [2.05, 4.69) is 20.7 Å². The van der Waals surface area contributed by atoms with Crippen molar-refractivity contribution < 1.29 is 5.11 Å². The number of aromatic amines is 1. The number of hydrogen-bond donors (Lipinski definition) is 3. The van der Waals surface area contributed by atoms with Crippen LogP contribution in [0.3, 0.4) is 0 Å². The molecule has 0 saturated heterocycles. The third-order valence-corrected chi connectivity index (χ3v) is 2.09. The summed E-state index contributed by atoms with van der Waals surface area (Å²) in [6, 6.07) is 5.39. The number of H-pyrrole nitrogens is 1. The number of anilines is 1. The summed E-state index contributed by atoms with van der Waals surface area (Å²) in [5.41, 5.74) is 2.02. The Hall–Kier alpha value is -1.75. The van der Waals surface area contributed by atoms with Crippen LogP contribution >= 0.6 is 11.6 Å². The van der Waals surface area contributed by atoms with E-state index >= 15 is 0 Å². The molecule has 78 valence electrons. The Balaban J connectivity index is 2.41. The van der Waals surface area contributed by atoms with Gasteiger partial charge in [-0.05, 0) is 18.2 Å². The van der Waals surface area contributed by atoms with Gasteiger partial charge in [0.25, 0.3) is 0 Å². The van der Waals surface area contributed by atoms with Crippen LogP contribution in [0.2, 0.25) is 0 Å². The molecule has 6 heteroatoms. The van der Waals surface area contributed by atoms with Crippen molar-refractivity contribution in [2.24, 2.45) is 0 Å². The number of benzene rings is 1. The van der Waals surface area contributed by atoms with Crippen LogP contribution in [0.5, 0.6) is 5.75 Å². The molecule has 0 aliphatic heterocycles. The largest absolute Gasteiger partial charge is 0.507 e. The van der Waals surface area contributed by atoms with Gasteiger partial charge in [0.05, 0.1) is 12.2 Å². The van der Waals surface area contributed by atoms with Gasteiger partial charge in [-0.1, -0.05) is 0 Å². The fourth-order valence-electron chi connectivity index (χ4n) is 1.26. The summed E-state index contributed by atoms with van der Waals surface area (Å²) in [6.07, 6.45) is 1.54. The second-order valence-electron chi connectivity index (χ2n) is 2.90. The number of aromatic nitrogens is 3. The van der Waals surface area contributed by atoms with E-state index in [0.29, 0.717) is 17.3 Å². The fraction of sp³-hybridized carbons (Fsp3) is 0.111. The van der Waals surface area contributed by atoms with Crippen molar-refractivity contribution in [1.29, 1.82) is 0 Å². The molecule has 0 aliphatic carbocycles. The van der Waals surface area contributed by atoms with E-state index in [1.165, 1.54) is 0 Å². The summed E-state index contributed by atoms with van der Waals surface area (Å²) < 4.78 is 0. The van der Waals surface area contributed by atoms with Gasteiger partial charge in [-0.3, -0.25) is 0 Å².